The summed E-state index contributed by atoms with van der Waals surface area (Å²) in [6, 6.07) is 2.37. The zero-order valence-electron chi connectivity index (χ0n) is 20.1. The minimum absolute atomic E-state index is 0.00990. The standard InChI is InChI=1S/C11H22N3O6P.C8H10N2O4S/c1-6(9(15)14-7(2)11(17)18)13-10(16)8(12)4-5-21(3,19)20;1-14-8(11)10-15(12,13)7-4-2-6(9)3-5-7/h6-8H,4-5,12H2,1-3H3,(H,13,16)(H,14,15)(H,17,18)(H,19,20);2-5H,9H2,1H3,(H,10,11)/t6-,7-,8-;/m0./s1. The molecule has 204 valence electrons. The van der Waals surface area contributed by atoms with Gasteiger partial charge in [-0.1, -0.05) is 0 Å². The molecule has 0 heterocycles. The minimum Gasteiger partial charge on any atom is -0.480 e. The second kappa shape index (κ2) is 14.4. The van der Waals surface area contributed by atoms with Crippen molar-refractivity contribution in [1.82, 2.24) is 15.4 Å². The largest absolute Gasteiger partial charge is 0.480 e. The number of carboxylic acid groups (broad SMARTS) is 1. The first-order valence-corrected chi connectivity index (χ1v) is 14.0. The van der Waals surface area contributed by atoms with Crippen molar-refractivity contribution in [1.29, 1.82) is 0 Å². The van der Waals surface area contributed by atoms with Crippen LogP contribution in [0.15, 0.2) is 29.2 Å². The Morgan fingerprint density at radius 2 is 1.56 bits per heavy atom. The average molecular weight is 554 g/mol. The summed E-state index contributed by atoms with van der Waals surface area (Å²) in [5.41, 5.74) is 11.4. The number of nitrogens with one attached hydrogen (secondary N) is 3. The Bertz CT molecular complexity index is 1070. The molecule has 0 fully saturated rings. The molecule has 1 unspecified atom stereocenters. The molecule has 4 atom stereocenters. The van der Waals surface area contributed by atoms with E-state index in [1.54, 1.807) is 4.72 Å². The maximum Gasteiger partial charge on any atom is 0.420 e. The second-order valence-electron chi connectivity index (χ2n) is 7.63. The van der Waals surface area contributed by atoms with Gasteiger partial charge < -0.3 is 36.8 Å². The van der Waals surface area contributed by atoms with Gasteiger partial charge in [-0.2, -0.15) is 0 Å². The van der Waals surface area contributed by atoms with E-state index in [9.17, 15) is 32.2 Å². The summed E-state index contributed by atoms with van der Waals surface area (Å²) in [6.45, 7) is 3.84. The van der Waals surface area contributed by atoms with Crippen molar-refractivity contribution in [3.05, 3.63) is 24.3 Å². The van der Waals surface area contributed by atoms with Gasteiger partial charge in [-0.05, 0) is 44.5 Å². The van der Waals surface area contributed by atoms with Crippen molar-refractivity contribution in [3.8, 4) is 0 Å². The van der Waals surface area contributed by atoms with Gasteiger partial charge in [0.05, 0.1) is 18.0 Å². The Balaban J connectivity index is 0.000000717. The minimum atomic E-state index is -3.87. The fraction of sp³-hybridized carbons (Fsp3) is 0.474. The topological polar surface area (TPSA) is 257 Å². The van der Waals surface area contributed by atoms with Crippen LogP contribution in [0.5, 0.6) is 0 Å². The molecule has 17 heteroatoms. The molecular weight excluding hydrogens is 521 g/mol. The van der Waals surface area contributed by atoms with Crippen LogP contribution >= 0.6 is 7.37 Å². The molecule has 3 amide bonds. The molecule has 0 aliphatic rings. The molecule has 1 aromatic carbocycles. The fourth-order valence-corrected chi connectivity index (χ4v) is 3.83. The molecule has 1 aromatic rings. The summed E-state index contributed by atoms with van der Waals surface area (Å²) < 4.78 is 39.9. The number of nitrogen functional groups attached to an aromatic ring is 1. The van der Waals surface area contributed by atoms with Crippen LogP contribution in [0.1, 0.15) is 20.3 Å². The molecule has 1 rings (SSSR count). The summed E-state index contributed by atoms with van der Waals surface area (Å²) in [7, 11) is -6.04. The molecular formula is C19H32N5O10PS. The number of carbonyl (C=O) groups excluding carboxylic acids is 3. The molecule has 0 aliphatic heterocycles. The Labute approximate surface area is 208 Å². The molecule has 0 aliphatic carbocycles. The maximum absolute atomic E-state index is 11.7. The van der Waals surface area contributed by atoms with E-state index in [0.717, 1.165) is 7.11 Å². The normalized spacial score (nSPS) is 14.9. The van der Waals surface area contributed by atoms with Gasteiger partial charge in [0.1, 0.15) is 12.1 Å². The van der Waals surface area contributed by atoms with Gasteiger partial charge in [-0.25, -0.2) is 17.9 Å². The zero-order chi connectivity index (χ0) is 28.3. The van der Waals surface area contributed by atoms with Crippen LogP contribution in [0.4, 0.5) is 10.5 Å². The third kappa shape index (κ3) is 13.0. The van der Waals surface area contributed by atoms with Crippen molar-refractivity contribution in [3.63, 3.8) is 0 Å². The van der Waals surface area contributed by atoms with Crippen LogP contribution < -0.4 is 26.8 Å². The first-order chi connectivity index (χ1) is 16.4. The first kappa shape index (κ1) is 32.8. The third-order valence-electron chi connectivity index (χ3n) is 4.27. The highest BCUT2D eigenvalue weighted by atomic mass is 32.2. The average Bonchev–Trinajstić information content (AvgIpc) is 2.76. The first-order valence-electron chi connectivity index (χ1n) is 10.2. The van der Waals surface area contributed by atoms with Gasteiger partial charge in [0.2, 0.25) is 11.8 Å². The number of sulfonamides is 1. The van der Waals surface area contributed by atoms with E-state index in [4.69, 9.17) is 21.5 Å². The SMILES string of the molecule is COC(=O)NS(=O)(=O)c1ccc(N)cc1.C[C@H](NC(=O)[C@H](C)NC(=O)[C@@H](N)CCP(C)(=O)O)C(=O)O. The van der Waals surface area contributed by atoms with Crippen molar-refractivity contribution in [2.45, 2.75) is 43.3 Å². The number of carbonyl (C=O) groups is 4. The lowest BCUT2D eigenvalue weighted by atomic mass is 10.2. The maximum atomic E-state index is 11.7. The van der Waals surface area contributed by atoms with E-state index in [2.05, 4.69) is 15.4 Å². The summed E-state index contributed by atoms with van der Waals surface area (Å²) in [4.78, 5) is 53.7. The van der Waals surface area contributed by atoms with E-state index >= 15 is 0 Å². The van der Waals surface area contributed by atoms with Crippen LogP contribution in [0.3, 0.4) is 0 Å². The molecule has 0 spiro atoms. The van der Waals surface area contributed by atoms with Crippen molar-refractivity contribution < 1.29 is 46.9 Å². The number of anilines is 1. The quantitative estimate of drug-likeness (QED) is 0.136. The summed E-state index contributed by atoms with van der Waals surface area (Å²) >= 11 is 0. The molecule has 0 aromatic heterocycles. The Kier molecular flexibility index (Phi) is 13.1. The van der Waals surface area contributed by atoms with Crippen LogP contribution in [0, 0.1) is 0 Å². The lowest BCUT2D eigenvalue weighted by molar-refractivity contribution is -0.141. The van der Waals surface area contributed by atoms with Crippen LogP contribution in [0.2, 0.25) is 0 Å². The number of benzene rings is 1. The summed E-state index contributed by atoms with van der Waals surface area (Å²) in [5, 5.41) is 13.2. The molecule has 36 heavy (non-hydrogen) atoms. The smallest absolute Gasteiger partial charge is 0.420 e. The Hall–Kier alpha value is -3.20. The number of methoxy groups -OCH3 is 1. The monoisotopic (exact) mass is 553 g/mol. The molecule has 0 saturated heterocycles. The van der Waals surface area contributed by atoms with Crippen LogP contribution in [-0.4, -0.2) is 80.4 Å². The molecule has 0 saturated carbocycles. The van der Waals surface area contributed by atoms with E-state index in [0.29, 0.717) is 5.69 Å². The zero-order valence-corrected chi connectivity index (χ0v) is 21.8. The van der Waals surface area contributed by atoms with Gasteiger partial charge in [0.25, 0.3) is 10.0 Å². The van der Waals surface area contributed by atoms with Crippen LogP contribution in [0.25, 0.3) is 0 Å². The van der Waals surface area contributed by atoms with Crippen molar-refractivity contribution >= 4 is 47.0 Å². The predicted molar refractivity (Wildman–Crippen MR) is 130 cm³/mol. The van der Waals surface area contributed by atoms with Crippen LogP contribution in [-0.2, 0) is 33.7 Å². The van der Waals surface area contributed by atoms with E-state index < -0.39 is 59.4 Å². The van der Waals surface area contributed by atoms with Gasteiger partial charge >= 0.3 is 12.1 Å². The summed E-state index contributed by atoms with van der Waals surface area (Å²) in [6.07, 6.45) is -1.12. The van der Waals surface area contributed by atoms with Crippen molar-refractivity contribution in [2.24, 2.45) is 5.73 Å². The Morgan fingerprint density at radius 1 is 1.06 bits per heavy atom. The molecule has 9 N–H and O–H groups in total. The lowest BCUT2D eigenvalue weighted by Gasteiger charge is -2.19. The number of hydrogen-bond donors (Lipinski definition) is 7. The van der Waals surface area contributed by atoms with Gasteiger partial charge in [0.15, 0.2) is 7.37 Å². The van der Waals surface area contributed by atoms with E-state index in [1.165, 1.54) is 44.8 Å². The summed E-state index contributed by atoms with van der Waals surface area (Å²) in [5.74, 6) is -2.50. The number of rotatable bonds is 10. The predicted octanol–water partition coefficient (Wildman–Crippen LogP) is -0.988. The lowest BCUT2D eigenvalue weighted by Crippen LogP contribution is -2.52. The molecule has 0 radical (unpaired) electrons. The van der Waals surface area contributed by atoms with Gasteiger partial charge in [0, 0.05) is 18.5 Å². The molecule has 15 nitrogen and oxygen atoms in total. The number of nitrogens with two attached hydrogens (primary N) is 2. The number of hydrogen-bond acceptors (Lipinski definition) is 10. The van der Waals surface area contributed by atoms with Gasteiger partial charge in [-0.15, -0.1) is 0 Å². The highest BCUT2D eigenvalue weighted by Crippen LogP contribution is 2.35. The number of amides is 3. The number of carboxylic acids is 1. The van der Waals surface area contributed by atoms with Gasteiger partial charge in [-0.3, -0.25) is 18.9 Å². The van der Waals surface area contributed by atoms with E-state index in [1.807, 2.05) is 0 Å². The Morgan fingerprint density at radius 3 is 2.00 bits per heavy atom. The fourth-order valence-electron chi connectivity index (χ4n) is 2.15. The number of aliphatic carboxylic acids is 1. The highest BCUT2D eigenvalue weighted by molar-refractivity contribution is 7.90. The highest BCUT2D eigenvalue weighted by Gasteiger charge is 2.24. The van der Waals surface area contributed by atoms with E-state index in [-0.39, 0.29) is 17.5 Å². The third-order valence-corrected chi connectivity index (χ3v) is 6.68. The molecule has 0 bridgehead atoms. The van der Waals surface area contributed by atoms with Crippen molar-refractivity contribution in [2.75, 3.05) is 25.7 Å². The second-order valence-corrected chi connectivity index (χ2v) is 11.9. The number of ether oxygens (including phenoxy) is 1.